The number of fused-ring (bicyclic) bond motifs is 1. The van der Waals surface area contributed by atoms with Crippen LogP contribution in [0.4, 0.5) is 0 Å². The van der Waals surface area contributed by atoms with Crippen molar-refractivity contribution in [2.75, 3.05) is 33.3 Å². The van der Waals surface area contributed by atoms with Gasteiger partial charge in [-0.15, -0.1) is 0 Å². The van der Waals surface area contributed by atoms with E-state index in [-0.39, 0.29) is 6.10 Å². The number of likely N-dealkylation sites (N-methyl/N-ethyl adjacent to an activating group) is 1. The van der Waals surface area contributed by atoms with Gasteiger partial charge in [0.25, 0.3) is 0 Å². The van der Waals surface area contributed by atoms with Crippen molar-refractivity contribution in [2.24, 2.45) is 0 Å². The number of aryl methyl sites for hydroxylation is 1. The second-order valence-corrected chi connectivity index (χ2v) is 5.65. The molecular weight excluding hydrogens is 264 g/mol. The molecule has 21 heavy (non-hydrogen) atoms. The monoisotopic (exact) mass is 288 g/mol. The minimum Gasteiger partial charge on any atom is -0.374 e. The summed E-state index contributed by atoms with van der Waals surface area (Å²) in [6.45, 7) is 7.62. The summed E-state index contributed by atoms with van der Waals surface area (Å²) in [6.07, 6.45) is 0.281. The van der Waals surface area contributed by atoms with E-state index in [9.17, 15) is 0 Å². The first-order valence-corrected chi connectivity index (χ1v) is 7.73. The van der Waals surface area contributed by atoms with Crippen molar-refractivity contribution in [3.05, 3.63) is 30.1 Å². The van der Waals surface area contributed by atoms with Gasteiger partial charge in [0.1, 0.15) is 5.82 Å². The Kier molecular flexibility index (Phi) is 4.53. The zero-order valence-electron chi connectivity index (χ0n) is 12.9. The summed E-state index contributed by atoms with van der Waals surface area (Å²) in [7, 11) is 2.14. The summed E-state index contributed by atoms with van der Waals surface area (Å²) < 4.78 is 8.04. The van der Waals surface area contributed by atoms with Crippen LogP contribution >= 0.6 is 0 Å². The van der Waals surface area contributed by atoms with E-state index < -0.39 is 0 Å². The van der Waals surface area contributed by atoms with Gasteiger partial charge in [0, 0.05) is 26.2 Å². The number of nitrogens with one attached hydrogen (secondary N) is 1. The van der Waals surface area contributed by atoms with E-state index >= 15 is 0 Å². The van der Waals surface area contributed by atoms with Crippen LogP contribution in [0, 0.1) is 0 Å². The Morgan fingerprint density at radius 2 is 2.24 bits per heavy atom. The molecule has 0 bridgehead atoms. The fourth-order valence-corrected chi connectivity index (χ4v) is 2.95. The van der Waals surface area contributed by atoms with Crippen LogP contribution in [0.2, 0.25) is 0 Å². The molecule has 1 unspecified atom stereocenters. The molecule has 0 aliphatic carbocycles. The Morgan fingerprint density at radius 3 is 3.05 bits per heavy atom. The topological polar surface area (TPSA) is 42.3 Å². The standard InChI is InChI=1S/C16H24N4O/c1-3-20-15-7-5-4-6-14(15)18-16(20)11-17-10-13-12-19(2)8-9-21-13/h4-7,13,17H,3,8-12H2,1-2H3. The van der Waals surface area contributed by atoms with E-state index in [1.807, 2.05) is 6.07 Å². The highest BCUT2D eigenvalue weighted by Crippen LogP contribution is 2.15. The van der Waals surface area contributed by atoms with Crippen LogP contribution in [-0.2, 0) is 17.8 Å². The van der Waals surface area contributed by atoms with Crippen molar-refractivity contribution >= 4 is 11.0 Å². The molecule has 1 saturated heterocycles. The highest BCUT2D eigenvalue weighted by atomic mass is 16.5. The fourth-order valence-electron chi connectivity index (χ4n) is 2.95. The van der Waals surface area contributed by atoms with E-state index in [1.165, 1.54) is 5.52 Å². The second kappa shape index (κ2) is 6.56. The Labute approximate surface area is 125 Å². The number of nitrogens with zero attached hydrogens (tertiary/aromatic N) is 3. The van der Waals surface area contributed by atoms with Crippen LogP contribution < -0.4 is 5.32 Å². The number of ether oxygens (including phenoxy) is 1. The second-order valence-electron chi connectivity index (χ2n) is 5.65. The van der Waals surface area contributed by atoms with Crippen LogP contribution in [0.1, 0.15) is 12.7 Å². The van der Waals surface area contributed by atoms with Crippen molar-refractivity contribution in [1.82, 2.24) is 19.8 Å². The molecule has 1 atom stereocenters. The minimum atomic E-state index is 0.281. The predicted octanol–water partition coefficient (Wildman–Crippen LogP) is 1.48. The number of para-hydroxylation sites is 2. The molecule has 1 aromatic heterocycles. The lowest BCUT2D eigenvalue weighted by Crippen LogP contribution is -2.44. The SMILES string of the molecule is CCn1c(CNCC2CN(C)CCO2)nc2ccccc21. The largest absolute Gasteiger partial charge is 0.374 e. The molecule has 1 aliphatic heterocycles. The normalized spacial score (nSPS) is 20.2. The van der Waals surface area contributed by atoms with Gasteiger partial charge in [-0.1, -0.05) is 12.1 Å². The predicted molar refractivity (Wildman–Crippen MR) is 84.4 cm³/mol. The molecule has 5 nitrogen and oxygen atoms in total. The van der Waals surface area contributed by atoms with Gasteiger partial charge in [0.15, 0.2) is 0 Å². The maximum absolute atomic E-state index is 5.77. The first-order valence-electron chi connectivity index (χ1n) is 7.73. The summed E-state index contributed by atoms with van der Waals surface area (Å²) in [4.78, 5) is 7.05. The first-order chi connectivity index (χ1) is 10.3. The Morgan fingerprint density at radius 1 is 1.38 bits per heavy atom. The number of hydrogen-bond acceptors (Lipinski definition) is 4. The molecule has 5 heteroatoms. The highest BCUT2D eigenvalue weighted by molar-refractivity contribution is 5.75. The quantitative estimate of drug-likeness (QED) is 0.905. The molecule has 0 amide bonds. The molecule has 0 saturated carbocycles. The number of morpholine rings is 1. The molecule has 1 N–H and O–H groups in total. The molecule has 0 radical (unpaired) electrons. The van der Waals surface area contributed by atoms with E-state index in [0.717, 1.165) is 50.7 Å². The van der Waals surface area contributed by atoms with Crippen LogP contribution in [0.25, 0.3) is 11.0 Å². The lowest BCUT2D eigenvalue weighted by atomic mass is 10.3. The van der Waals surface area contributed by atoms with Gasteiger partial charge < -0.3 is 19.5 Å². The van der Waals surface area contributed by atoms with Gasteiger partial charge >= 0.3 is 0 Å². The molecule has 2 heterocycles. The Hall–Kier alpha value is -1.43. The zero-order valence-corrected chi connectivity index (χ0v) is 12.9. The van der Waals surface area contributed by atoms with Crippen molar-refractivity contribution in [3.63, 3.8) is 0 Å². The third kappa shape index (κ3) is 3.26. The smallest absolute Gasteiger partial charge is 0.123 e. The molecule has 3 rings (SSSR count). The van der Waals surface area contributed by atoms with Gasteiger partial charge in [-0.25, -0.2) is 4.98 Å². The summed E-state index contributed by atoms with van der Waals surface area (Å²) in [5.74, 6) is 1.10. The molecular formula is C16H24N4O. The summed E-state index contributed by atoms with van der Waals surface area (Å²) >= 11 is 0. The van der Waals surface area contributed by atoms with Gasteiger partial charge in [0.05, 0.1) is 30.3 Å². The van der Waals surface area contributed by atoms with Crippen molar-refractivity contribution in [3.8, 4) is 0 Å². The van der Waals surface area contributed by atoms with Gasteiger partial charge in [-0.3, -0.25) is 0 Å². The summed E-state index contributed by atoms with van der Waals surface area (Å²) in [6, 6.07) is 8.32. The van der Waals surface area contributed by atoms with Crippen LogP contribution in [-0.4, -0.2) is 53.8 Å². The maximum atomic E-state index is 5.77. The third-order valence-corrected chi connectivity index (χ3v) is 4.05. The van der Waals surface area contributed by atoms with Gasteiger partial charge in [-0.05, 0) is 26.1 Å². The molecule has 2 aromatic rings. The summed E-state index contributed by atoms with van der Waals surface area (Å²) in [5, 5.41) is 3.49. The molecule has 1 fully saturated rings. The Balaban J connectivity index is 1.62. The lowest BCUT2D eigenvalue weighted by molar-refractivity contribution is -0.0183. The van der Waals surface area contributed by atoms with E-state index in [1.54, 1.807) is 0 Å². The van der Waals surface area contributed by atoms with Crippen molar-refractivity contribution in [2.45, 2.75) is 26.1 Å². The number of benzene rings is 1. The maximum Gasteiger partial charge on any atom is 0.123 e. The molecule has 114 valence electrons. The number of aromatic nitrogens is 2. The van der Waals surface area contributed by atoms with Crippen LogP contribution in [0.3, 0.4) is 0 Å². The molecule has 1 aromatic carbocycles. The highest BCUT2D eigenvalue weighted by Gasteiger charge is 2.17. The van der Waals surface area contributed by atoms with Crippen LogP contribution in [0.5, 0.6) is 0 Å². The summed E-state index contributed by atoms with van der Waals surface area (Å²) in [5.41, 5.74) is 2.29. The number of hydrogen-bond donors (Lipinski definition) is 1. The van der Waals surface area contributed by atoms with Crippen molar-refractivity contribution in [1.29, 1.82) is 0 Å². The van der Waals surface area contributed by atoms with E-state index in [2.05, 4.69) is 47.0 Å². The molecule has 1 aliphatic rings. The van der Waals surface area contributed by atoms with Crippen LogP contribution in [0.15, 0.2) is 24.3 Å². The Bertz CT molecular complexity index is 595. The average Bonchev–Trinajstić information content (AvgIpc) is 2.84. The van der Waals surface area contributed by atoms with E-state index in [0.29, 0.717) is 0 Å². The van der Waals surface area contributed by atoms with Crippen molar-refractivity contribution < 1.29 is 4.74 Å². The number of imidazole rings is 1. The molecule has 0 spiro atoms. The van der Waals surface area contributed by atoms with Gasteiger partial charge in [-0.2, -0.15) is 0 Å². The van der Waals surface area contributed by atoms with Gasteiger partial charge in [0.2, 0.25) is 0 Å². The lowest BCUT2D eigenvalue weighted by Gasteiger charge is -2.30. The average molecular weight is 288 g/mol. The number of rotatable bonds is 5. The fraction of sp³-hybridized carbons (Fsp3) is 0.562. The zero-order chi connectivity index (χ0) is 14.7. The third-order valence-electron chi connectivity index (χ3n) is 4.05. The van der Waals surface area contributed by atoms with E-state index in [4.69, 9.17) is 9.72 Å². The first kappa shape index (κ1) is 14.5. The minimum absolute atomic E-state index is 0.281.